The van der Waals surface area contributed by atoms with E-state index < -0.39 is 14.4 Å². The normalized spacial score (nSPS) is 12.8. The average molecular weight is 412 g/mol. The first kappa shape index (κ1) is 22.9. The summed E-state index contributed by atoms with van der Waals surface area (Å²) in [7, 11) is -2.64. The second-order valence-corrected chi connectivity index (χ2v) is 12.2. The van der Waals surface area contributed by atoms with Crippen LogP contribution < -0.4 is 15.7 Å². The number of benzene rings is 2. The predicted molar refractivity (Wildman–Crippen MR) is 122 cm³/mol. The molecule has 0 radical (unpaired) electrons. The third kappa shape index (κ3) is 5.58. The molecule has 0 saturated carbocycles. The summed E-state index contributed by atoms with van der Waals surface area (Å²) < 4.78 is 11.9. The van der Waals surface area contributed by atoms with Gasteiger partial charge in [0.25, 0.3) is 8.32 Å². The number of rotatable bonds is 9. The minimum atomic E-state index is -2.64. The summed E-state index contributed by atoms with van der Waals surface area (Å²) >= 11 is 0. The Morgan fingerprint density at radius 1 is 1.07 bits per heavy atom. The van der Waals surface area contributed by atoms with E-state index in [0.29, 0.717) is 19.6 Å². The van der Waals surface area contributed by atoms with Crippen LogP contribution in [0.3, 0.4) is 0 Å². The van der Waals surface area contributed by atoms with E-state index in [1.165, 1.54) is 10.4 Å². The van der Waals surface area contributed by atoms with Gasteiger partial charge in [-0.2, -0.15) is 0 Å². The van der Waals surface area contributed by atoms with Crippen LogP contribution in [-0.2, 0) is 9.16 Å². The van der Waals surface area contributed by atoms with Crippen LogP contribution in [0.5, 0.6) is 0 Å². The average Bonchev–Trinajstić information content (AvgIpc) is 2.71. The highest BCUT2D eigenvalue weighted by Crippen LogP contribution is 2.37. The number of hydrogen-bond donors (Lipinski definition) is 1. The Morgan fingerprint density at radius 3 is 2.00 bits per heavy atom. The Hall–Kier alpha value is -2.37. The number of amides is 1. The predicted octanol–water partition coefficient (Wildman–Crippen LogP) is 4.25. The number of hydrogen-bond acceptors (Lipinski definition) is 3. The fourth-order valence-corrected chi connectivity index (χ4v) is 8.32. The van der Waals surface area contributed by atoms with Crippen LogP contribution in [0.15, 0.2) is 73.3 Å². The molecule has 0 aliphatic rings. The lowest BCUT2D eigenvalue weighted by molar-refractivity contribution is 0.150. The van der Waals surface area contributed by atoms with Gasteiger partial charge in [-0.15, -0.1) is 6.58 Å². The minimum Gasteiger partial charge on any atom is -0.450 e. The van der Waals surface area contributed by atoms with E-state index in [1.807, 2.05) is 18.2 Å². The molecule has 0 aliphatic carbocycles. The maximum absolute atomic E-state index is 11.6. The molecule has 4 nitrogen and oxygen atoms in total. The zero-order valence-electron chi connectivity index (χ0n) is 18.0. The van der Waals surface area contributed by atoms with Gasteiger partial charge in [-0.25, -0.2) is 4.79 Å². The molecule has 0 aliphatic heterocycles. The Labute approximate surface area is 176 Å². The van der Waals surface area contributed by atoms with E-state index in [-0.39, 0.29) is 11.1 Å². The molecule has 2 rings (SSSR count). The van der Waals surface area contributed by atoms with E-state index >= 15 is 0 Å². The van der Waals surface area contributed by atoms with E-state index in [2.05, 4.69) is 81.2 Å². The number of ether oxygens (including phenoxy) is 1. The molecule has 1 unspecified atom stereocenters. The van der Waals surface area contributed by atoms with Crippen LogP contribution >= 0.6 is 0 Å². The lowest BCUT2D eigenvalue weighted by atomic mass is 10.2. The molecule has 0 fully saturated rings. The maximum Gasteiger partial charge on any atom is 0.407 e. The first-order chi connectivity index (χ1) is 13.8. The van der Waals surface area contributed by atoms with Crippen molar-refractivity contribution in [2.45, 2.75) is 45.3 Å². The van der Waals surface area contributed by atoms with Crippen molar-refractivity contribution in [3.8, 4) is 0 Å². The Morgan fingerprint density at radius 2 is 1.59 bits per heavy atom. The Balaban J connectivity index is 2.39. The van der Waals surface area contributed by atoms with Gasteiger partial charge in [-0.1, -0.05) is 87.5 Å². The first-order valence-corrected chi connectivity index (χ1v) is 12.1. The molecular formula is C24H33NO3Si. The lowest BCUT2D eigenvalue weighted by Crippen LogP contribution is -2.67. The highest BCUT2D eigenvalue weighted by molar-refractivity contribution is 6.99. The van der Waals surface area contributed by atoms with Crippen molar-refractivity contribution in [1.29, 1.82) is 0 Å². The molecule has 1 N–H and O–H groups in total. The third-order valence-corrected chi connectivity index (χ3v) is 10.0. The molecule has 1 atom stereocenters. The van der Waals surface area contributed by atoms with Crippen molar-refractivity contribution >= 4 is 24.8 Å². The van der Waals surface area contributed by atoms with Crippen LogP contribution in [0.2, 0.25) is 5.04 Å². The zero-order valence-corrected chi connectivity index (χ0v) is 19.0. The van der Waals surface area contributed by atoms with Crippen molar-refractivity contribution in [2.75, 3.05) is 13.2 Å². The number of nitrogens with one attached hydrogen (secondary N) is 1. The monoisotopic (exact) mass is 411 g/mol. The second kappa shape index (κ2) is 10.4. The van der Waals surface area contributed by atoms with Crippen molar-refractivity contribution in [3.63, 3.8) is 0 Å². The number of alkyl carbamates (subject to hydrolysis) is 1. The first-order valence-electron chi connectivity index (χ1n) is 10.2. The molecule has 0 saturated heterocycles. The smallest absolute Gasteiger partial charge is 0.407 e. The van der Waals surface area contributed by atoms with Crippen molar-refractivity contribution in [2.24, 2.45) is 0 Å². The van der Waals surface area contributed by atoms with Crippen LogP contribution in [0.1, 0.15) is 34.1 Å². The molecule has 0 heterocycles. The SMILES string of the molecule is C=CC(CCNC(=O)OCC)O[Si](c1ccccc1)(c1ccccc1)C(C)(C)C. The van der Waals surface area contributed by atoms with Gasteiger partial charge in [-0.3, -0.25) is 0 Å². The molecule has 2 aromatic rings. The summed E-state index contributed by atoms with van der Waals surface area (Å²) in [6.45, 7) is 13.4. The molecule has 156 valence electrons. The van der Waals surface area contributed by atoms with Crippen LogP contribution in [-0.4, -0.2) is 33.7 Å². The molecule has 0 aromatic heterocycles. The summed E-state index contributed by atoms with van der Waals surface area (Å²) in [5, 5.41) is 5.12. The van der Waals surface area contributed by atoms with Gasteiger partial charge in [-0.05, 0) is 28.8 Å². The van der Waals surface area contributed by atoms with E-state index in [1.54, 1.807) is 6.92 Å². The lowest BCUT2D eigenvalue weighted by Gasteiger charge is -2.44. The molecule has 2 aromatic carbocycles. The minimum absolute atomic E-state index is 0.106. The molecular weight excluding hydrogens is 378 g/mol. The molecule has 29 heavy (non-hydrogen) atoms. The van der Waals surface area contributed by atoms with Gasteiger partial charge in [0.1, 0.15) is 0 Å². The van der Waals surface area contributed by atoms with E-state index in [4.69, 9.17) is 9.16 Å². The van der Waals surface area contributed by atoms with Gasteiger partial charge in [0.15, 0.2) is 0 Å². The molecule has 5 heteroatoms. The Kier molecular flexibility index (Phi) is 8.23. The van der Waals surface area contributed by atoms with Crippen LogP contribution in [0.25, 0.3) is 0 Å². The molecule has 0 bridgehead atoms. The van der Waals surface area contributed by atoms with Crippen molar-refractivity contribution in [1.82, 2.24) is 5.32 Å². The van der Waals surface area contributed by atoms with Gasteiger partial charge >= 0.3 is 6.09 Å². The summed E-state index contributed by atoms with van der Waals surface area (Å²) in [6, 6.07) is 21.0. The summed E-state index contributed by atoms with van der Waals surface area (Å²) in [6.07, 6.45) is 1.88. The maximum atomic E-state index is 11.6. The number of carbonyl (C=O) groups excluding carboxylic acids is 1. The van der Waals surface area contributed by atoms with Gasteiger partial charge < -0.3 is 14.5 Å². The fraction of sp³-hybridized carbons (Fsp3) is 0.375. The summed E-state index contributed by atoms with van der Waals surface area (Å²) in [5.41, 5.74) is 0. The number of carbonyl (C=O) groups is 1. The topological polar surface area (TPSA) is 47.6 Å². The quantitative estimate of drug-likeness (QED) is 0.496. The molecule has 0 spiro atoms. The Bertz CT molecular complexity index is 732. The van der Waals surface area contributed by atoms with Crippen LogP contribution in [0, 0.1) is 0 Å². The zero-order chi connectivity index (χ0) is 21.3. The summed E-state index contributed by atoms with van der Waals surface area (Å²) in [4.78, 5) is 11.6. The molecule has 1 amide bonds. The van der Waals surface area contributed by atoms with Crippen LogP contribution in [0.4, 0.5) is 4.79 Å². The second-order valence-electron chi connectivity index (χ2n) is 7.99. The van der Waals surface area contributed by atoms with Gasteiger partial charge in [0.2, 0.25) is 0 Å². The fourth-order valence-electron chi connectivity index (χ4n) is 3.64. The highest BCUT2D eigenvalue weighted by atomic mass is 28.4. The third-order valence-electron chi connectivity index (χ3n) is 4.98. The largest absolute Gasteiger partial charge is 0.450 e. The van der Waals surface area contributed by atoms with E-state index in [0.717, 1.165) is 0 Å². The van der Waals surface area contributed by atoms with Gasteiger partial charge in [0, 0.05) is 6.54 Å². The highest BCUT2D eigenvalue weighted by Gasteiger charge is 2.51. The summed E-state index contributed by atoms with van der Waals surface area (Å²) in [5.74, 6) is 0. The van der Waals surface area contributed by atoms with E-state index in [9.17, 15) is 4.79 Å². The van der Waals surface area contributed by atoms with Crippen molar-refractivity contribution in [3.05, 3.63) is 73.3 Å². The van der Waals surface area contributed by atoms with Gasteiger partial charge in [0.05, 0.1) is 12.7 Å². The standard InChI is InChI=1S/C24H33NO3Si/c1-6-20(18-19-25-23(26)27-7-2)28-29(24(3,4)5,21-14-10-8-11-15-21)22-16-12-9-13-17-22/h6,8-17,20H,1,7,18-19H2,2-5H3,(H,25,26). The van der Waals surface area contributed by atoms with Crippen molar-refractivity contribution < 1.29 is 14.0 Å².